The van der Waals surface area contributed by atoms with E-state index in [1.807, 2.05) is 31.2 Å². The van der Waals surface area contributed by atoms with Gasteiger partial charge in [0, 0.05) is 34.3 Å². The van der Waals surface area contributed by atoms with Crippen molar-refractivity contribution in [2.45, 2.75) is 13.3 Å². The summed E-state index contributed by atoms with van der Waals surface area (Å²) < 4.78 is 6.38. The van der Waals surface area contributed by atoms with Gasteiger partial charge >= 0.3 is 0 Å². The molecule has 96 valence electrons. The number of H-pyrrole nitrogens is 1. The highest BCUT2D eigenvalue weighted by molar-refractivity contribution is 9.10. The molecule has 1 aromatic heterocycles. The molecule has 0 amide bonds. The molecule has 0 saturated carbocycles. The van der Waals surface area contributed by atoms with Crippen LogP contribution in [0.4, 0.5) is 5.82 Å². The van der Waals surface area contributed by atoms with Crippen LogP contribution in [0.2, 0.25) is 0 Å². The molecule has 0 bridgehead atoms. The topological polar surface area (TPSA) is 63.9 Å². The van der Waals surface area contributed by atoms with Crippen LogP contribution >= 0.6 is 15.9 Å². The minimum Gasteiger partial charge on any atom is -0.382 e. The first-order chi connectivity index (χ1) is 8.74. The Labute approximate surface area is 115 Å². The Morgan fingerprint density at radius 1 is 1.39 bits per heavy atom. The molecule has 0 spiro atoms. The number of nitrogens with one attached hydrogen (secondary N) is 1. The number of hydrogen-bond donors (Lipinski definition) is 2. The Bertz CT molecular complexity index is 525. The first-order valence-electron chi connectivity index (χ1n) is 5.89. The Kier molecular flexibility index (Phi) is 4.38. The molecular formula is C13H16BrN3O. The number of anilines is 1. The number of nitrogen functional groups attached to an aromatic ring is 1. The normalized spacial score (nSPS) is 10.8. The third-order valence-electron chi connectivity index (χ3n) is 2.71. The molecule has 0 aliphatic heterocycles. The second-order valence-corrected chi connectivity index (χ2v) is 4.74. The van der Waals surface area contributed by atoms with E-state index < -0.39 is 0 Å². The lowest BCUT2D eigenvalue weighted by molar-refractivity contribution is 0.150. The van der Waals surface area contributed by atoms with E-state index in [4.69, 9.17) is 10.5 Å². The molecule has 5 heteroatoms. The maximum absolute atomic E-state index is 5.94. The molecule has 1 aromatic carbocycles. The fourth-order valence-corrected chi connectivity index (χ4v) is 2.34. The Morgan fingerprint density at radius 3 is 2.89 bits per heavy atom. The summed E-state index contributed by atoms with van der Waals surface area (Å²) in [5.41, 5.74) is 8.96. The fraction of sp³-hybridized carbons (Fsp3) is 0.308. The molecule has 2 aromatic rings. The lowest BCUT2D eigenvalue weighted by Gasteiger charge is -2.06. The second kappa shape index (κ2) is 6.02. The molecule has 0 atom stereocenters. The average Bonchev–Trinajstić information content (AvgIpc) is 2.72. The van der Waals surface area contributed by atoms with Gasteiger partial charge in [0.05, 0.1) is 6.61 Å². The van der Waals surface area contributed by atoms with E-state index in [0.29, 0.717) is 19.0 Å². The molecule has 3 N–H and O–H groups in total. The van der Waals surface area contributed by atoms with Gasteiger partial charge in [0.25, 0.3) is 0 Å². The van der Waals surface area contributed by atoms with E-state index in [9.17, 15) is 0 Å². The van der Waals surface area contributed by atoms with Gasteiger partial charge in [0.15, 0.2) is 5.82 Å². The van der Waals surface area contributed by atoms with Gasteiger partial charge in [0.1, 0.15) is 0 Å². The van der Waals surface area contributed by atoms with Crippen LogP contribution in [0.25, 0.3) is 11.1 Å². The van der Waals surface area contributed by atoms with Gasteiger partial charge in [-0.3, -0.25) is 5.10 Å². The molecule has 4 nitrogen and oxygen atoms in total. The molecular weight excluding hydrogens is 294 g/mol. The first kappa shape index (κ1) is 13.1. The lowest BCUT2D eigenvalue weighted by Crippen LogP contribution is -2.00. The van der Waals surface area contributed by atoms with E-state index in [1.54, 1.807) is 0 Å². The van der Waals surface area contributed by atoms with E-state index in [1.165, 1.54) is 0 Å². The molecule has 0 saturated heterocycles. The van der Waals surface area contributed by atoms with Gasteiger partial charge in [0.2, 0.25) is 0 Å². The molecule has 0 fully saturated rings. The molecule has 0 aliphatic carbocycles. The lowest BCUT2D eigenvalue weighted by atomic mass is 10.0. The van der Waals surface area contributed by atoms with Crippen molar-refractivity contribution in [3.63, 3.8) is 0 Å². The number of aromatic amines is 1. The maximum atomic E-state index is 5.94. The predicted molar refractivity (Wildman–Crippen MR) is 76.3 cm³/mol. The molecule has 1 heterocycles. The first-order valence-corrected chi connectivity index (χ1v) is 6.68. The number of nitrogens with two attached hydrogens (primary N) is 1. The number of benzene rings is 1. The number of rotatable bonds is 5. The van der Waals surface area contributed by atoms with E-state index >= 15 is 0 Å². The van der Waals surface area contributed by atoms with Crippen LogP contribution in [0.15, 0.2) is 28.7 Å². The largest absolute Gasteiger partial charge is 0.382 e. The van der Waals surface area contributed by atoms with Crippen LogP contribution in [-0.2, 0) is 11.2 Å². The highest BCUT2D eigenvalue weighted by atomic mass is 79.9. The minimum absolute atomic E-state index is 0.522. The molecule has 2 rings (SSSR count). The summed E-state index contributed by atoms with van der Waals surface area (Å²) >= 11 is 3.54. The maximum Gasteiger partial charge on any atom is 0.153 e. The highest BCUT2D eigenvalue weighted by Crippen LogP contribution is 2.33. The van der Waals surface area contributed by atoms with Crippen molar-refractivity contribution in [2.24, 2.45) is 0 Å². The number of ether oxygens (including phenoxy) is 1. The van der Waals surface area contributed by atoms with Gasteiger partial charge in [-0.05, 0) is 13.0 Å². The van der Waals surface area contributed by atoms with Gasteiger partial charge in [-0.25, -0.2) is 0 Å². The van der Waals surface area contributed by atoms with Crippen LogP contribution in [-0.4, -0.2) is 23.4 Å². The van der Waals surface area contributed by atoms with Gasteiger partial charge < -0.3 is 10.5 Å². The van der Waals surface area contributed by atoms with Gasteiger partial charge in [-0.2, -0.15) is 5.10 Å². The highest BCUT2D eigenvalue weighted by Gasteiger charge is 2.14. The number of halogens is 1. The van der Waals surface area contributed by atoms with Crippen molar-refractivity contribution in [1.82, 2.24) is 10.2 Å². The standard InChI is InChI=1S/C13H16BrN3O/c1-2-18-8-7-11-12(13(15)17-16-11)9-5-3-4-6-10(9)14/h3-6H,2,7-8H2,1H3,(H3,15,16,17). The van der Waals surface area contributed by atoms with Crippen molar-refractivity contribution in [1.29, 1.82) is 0 Å². The minimum atomic E-state index is 0.522. The summed E-state index contributed by atoms with van der Waals surface area (Å²) in [5, 5.41) is 7.07. The van der Waals surface area contributed by atoms with E-state index in [0.717, 1.165) is 27.7 Å². The molecule has 0 radical (unpaired) electrons. The quantitative estimate of drug-likeness (QED) is 0.835. The molecule has 18 heavy (non-hydrogen) atoms. The van der Waals surface area contributed by atoms with Crippen molar-refractivity contribution < 1.29 is 4.74 Å². The van der Waals surface area contributed by atoms with Gasteiger partial charge in [-0.15, -0.1) is 0 Å². The third-order valence-corrected chi connectivity index (χ3v) is 3.40. The van der Waals surface area contributed by atoms with E-state index in [-0.39, 0.29) is 0 Å². The van der Waals surface area contributed by atoms with E-state index in [2.05, 4.69) is 26.1 Å². The summed E-state index contributed by atoms with van der Waals surface area (Å²) in [6.07, 6.45) is 0.773. The second-order valence-electron chi connectivity index (χ2n) is 3.89. The van der Waals surface area contributed by atoms with Crippen LogP contribution < -0.4 is 5.73 Å². The monoisotopic (exact) mass is 309 g/mol. The van der Waals surface area contributed by atoms with Crippen LogP contribution in [0.5, 0.6) is 0 Å². The molecule has 0 unspecified atom stereocenters. The molecule has 0 aliphatic rings. The Balaban J connectivity index is 2.32. The average molecular weight is 310 g/mol. The van der Waals surface area contributed by atoms with Crippen LogP contribution in [0.1, 0.15) is 12.6 Å². The van der Waals surface area contributed by atoms with Crippen molar-refractivity contribution in [3.8, 4) is 11.1 Å². The summed E-state index contributed by atoms with van der Waals surface area (Å²) in [4.78, 5) is 0. The zero-order valence-corrected chi connectivity index (χ0v) is 11.8. The fourth-order valence-electron chi connectivity index (χ4n) is 1.86. The number of aromatic nitrogens is 2. The Morgan fingerprint density at radius 2 is 2.17 bits per heavy atom. The summed E-state index contributed by atoms with van der Waals surface area (Å²) in [5.74, 6) is 0.522. The van der Waals surface area contributed by atoms with Crippen molar-refractivity contribution in [3.05, 3.63) is 34.4 Å². The van der Waals surface area contributed by atoms with Crippen molar-refractivity contribution >= 4 is 21.7 Å². The number of nitrogens with zero attached hydrogens (tertiary/aromatic N) is 1. The van der Waals surface area contributed by atoms with Gasteiger partial charge in [-0.1, -0.05) is 34.1 Å². The summed E-state index contributed by atoms with van der Waals surface area (Å²) in [6.45, 7) is 3.36. The smallest absolute Gasteiger partial charge is 0.153 e. The SMILES string of the molecule is CCOCCc1[nH]nc(N)c1-c1ccccc1Br. The number of hydrogen-bond acceptors (Lipinski definition) is 3. The zero-order chi connectivity index (χ0) is 13.0. The van der Waals surface area contributed by atoms with Crippen LogP contribution in [0, 0.1) is 0 Å². The summed E-state index contributed by atoms with van der Waals surface area (Å²) in [6, 6.07) is 7.98. The zero-order valence-electron chi connectivity index (χ0n) is 10.2. The predicted octanol–water partition coefficient (Wildman–Crippen LogP) is 3.00. The third kappa shape index (κ3) is 2.73. The van der Waals surface area contributed by atoms with Crippen molar-refractivity contribution in [2.75, 3.05) is 18.9 Å². The van der Waals surface area contributed by atoms with Crippen LogP contribution in [0.3, 0.4) is 0 Å². The Hall–Kier alpha value is -1.33. The summed E-state index contributed by atoms with van der Waals surface area (Å²) in [7, 11) is 0.